The van der Waals surface area contributed by atoms with E-state index in [1.165, 1.54) is 18.2 Å². The van der Waals surface area contributed by atoms with Crippen molar-refractivity contribution in [1.82, 2.24) is 5.32 Å². The molecule has 13 nitrogen and oxygen atoms in total. The number of carbonyl (C=O) groups excluding carboxylic acids is 1. The number of likely N-dealkylation sites (N-methyl/N-ethyl adjacent to an activating group) is 1. The quantitative estimate of drug-likeness (QED) is 0.0261. The number of carbonyl (C=O) groups is 2. The van der Waals surface area contributed by atoms with Gasteiger partial charge in [0.05, 0.1) is 0 Å². The molecule has 0 fully saturated rings. The first kappa shape index (κ1) is 41.3. The van der Waals surface area contributed by atoms with Crippen LogP contribution in [0.5, 0.6) is 46.0 Å². The molecule has 58 heavy (non-hydrogen) atoms. The average molecular weight is 796 g/mol. The summed E-state index contributed by atoms with van der Waals surface area (Å²) in [4.78, 5) is 26.6. The van der Waals surface area contributed by atoms with Crippen LogP contribution >= 0.6 is 0 Å². The number of aromatic hydroxyl groups is 8. The van der Waals surface area contributed by atoms with E-state index in [9.17, 15) is 55.5 Å². The predicted molar refractivity (Wildman–Crippen MR) is 217 cm³/mol. The van der Waals surface area contributed by atoms with E-state index in [1.54, 1.807) is 19.1 Å². The van der Waals surface area contributed by atoms with Crippen LogP contribution in [-0.2, 0) is 33.6 Å². The molecule has 0 spiro atoms. The molecule has 0 heterocycles. The molecule has 2 aliphatic rings. The molecule has 0 saturated carbocycles. The topological polar surface area (TPSA) is 237 Å². The van der Waals surface area contributed by atoms with E-state index in [1.807, 2.05) is 19.1 Å². The lowest BCUT2D eigenvalue weighted by molar-refractivity contribution is -0.162. The number of unbranched alkanes of at least 4 members (excludes halogenated alkanes) is 2. The Hall–Kier alpha value is -6.34. The van der Waals surface area contributed by atoms with Crippen molar-refractivity contribution in [1.29, 1.82) is 0 Å². The molecule has 6 rings (SSSR count). The summed E-state index contributed by atoms with van der Waals surface area (Å²) >= 11 is 0. The van der Waals surface area contributed by atoms with E-state index < -0.39 is 47.0 Å². The summed E-state index contributed by atoms with van der Waals surface area (Å²) in [6.45, 7) is 4.18. The number of phenolic OH excluding ortho intramolecular Hbond substituents is 8. The van der Waals surface area contributed by atoms with Gasteiger partial charge >= 0.3 is 11.9 Å². The number of rotatable bonds is 14. The van der Waals surface area contributed by atoms with Crippen LogP contribution in [-0.4, -0.2) is 77.1 Å². The van der Waals surface area contributed by atoms with Crippen molar-refractivity contribution in [2.24, 2.45) is 0 Å². The Labute approximate surface area is 335 Å². The van der Waals surface area contributed by atoms with Crippen molar-refractivity contribution in [2.45, 2.75) is 83.7 Å². The maximum Gasteiger partial charge on any atom is 0.345 e. The maximum absolute atomic E-state index is 13.9. The third-order valence-electron chi connectivity index (χ3n) is 11.1. The molecule has 0 bridgehead atoms. The van der Waals surface area contributed by atoms with Gasteiger partial charge in [-0.1, -0.05) is 44.9 Å². The number of nitrogens with one attached hydrogen (secondary N) is 1. The van der Waals surface area contributed by atoms with Gasteiger partial charge in [-0.25, -0.2) is 9.59 Å². The van der Waals surface area contributed by atoms with Gasteiger partial charge in [0.2, 0.25) is 6.10 Å². The molecule has 0 saturated heterocycles. The van der Waals surface area contributed by atoms with Gasteiger partial charge in [0, 0.05) is 35.2 Å². The number of carboxylic acid groups (broad SMARTS) is 1. The number of hydrogen-bond acceptors (Lipinski definition) is 12. The minimum absolute atomic E-state index is 0.0367. The van der Waals surface area contributed by atoms with Gasteiger partial charge in [-0.15, -0.1) is 0 Å². The summed E-state index contributed by atoms with van der Waals surface area (Å²) in [5.74, 6) is -6.94. The second-order valence-electron chi connectivity index (χ2n) is 14.8. The van der Waals surface area contributed by atoms with Gasteiger partial charge < -0.3 is 56.0 Å². The van der Waals surface area contributed by atoms with E-state index in [0.717, 1.165) is 41.7 Å². The Kier molecular flexibility index (Phi) is 12.4. The highest BCUT2D eigenvalue weighted by Gasteiger charge is 2.35. The van der Waals surface area contributed by atoms with Crippen molar-refractivity contribution in [3.05, 3.63) is 87.5 Å². The number of fused-ring (bicyclic) bond motifs is 4. The molecule has 2 atom stereocenters. The summed E-state index contributed by atoms with van der Waals surface area (Å²) in [6.07, 6.45) is 5.95. The average Bonchev–Trinajstić information content (AvgIpc) is 3.40. The molecule has 4 aromatic rings. The Morgan fingerprint density at radius 1 is 0.759 bits per heavy atom. The lowest BCUT2D eigenvalue weighted by Crippen LogP contribution is -2.38. The van der Waals surface area contributed by atoms with Crippen LogP contribution in [0.25, 0.3) is 28.3 Å². The van der Waals surface area contributed by atoms with Crippen molar-refractivity contribution in [3.63, 3.8) is 0 Å². The van der Waals surface area contributed by atoms with Crippen LogP contribution in [0, 0.1) is 0 Å². The van der Waals surface area contributed by atoms with Gasteiger partial charge in [-0.2, -0.15) is 0 Å². The van der Waals surface area contributed by atoms with Gasteiger partial charge in [0.1, 0.15) is 5.75 Å². The van der Waals surface area contributed by atoms with Gasteiger partial charge in [0.25, 0.3) is 0 Å². The highest BCUT2D eigenvalue weighted by molar-refractivity contribution is 5.99. The van der Waals surface area contributed by atoms with Crippen LogP contribution in [0.4, 0.5) is 0 Å². The monoisotopic (exact) mass is 795 g/mol. The molecule has 4 aromatic carbocycles. The first-order valence-electron chi connectivity index (χ1n) is 19.5. The first-order valence-corrected chi connectivity index (χ1v) is 19.5. The SMILES string of the molecule is CCCCC/C(=C\C(=O)O[C@@H](C(=O)O)[C@H](CNCC)c1cc(O)c(O)c(O)c1)c1cc(O)c(O)c2c1C=C(c1cc(O)c(O)c3c1-c1cccc(O)c1CCC3)CC2. The molecular weight excluding hydrogens is 746 g/mol. The highest BCUT2D eigenvalue weighted by Crippen LogP contribution is 2.50. The molecule has 306 valence electrons. The molecule has 0 aromatic heterocycles. The third-order valence-corrected chi connectivity index (χ3v) is 11.1. The summed E-state index contributed by atoms with van der Waals surface area (Å²) in [6, 6.07) is 10.2. The Bertz CT molecular complexity index is 2290. The molecule has 0 radical (unpaired) electrons. The molecular formula is C45H49NO12. The van der Waals surface area contributed by atoms with Gasteiger partial charge in [-0.3, -0.25) is 0 Å². The third kappa shape index (κ3) is 8.21. The molecule has 0 amide bonds. The maximum atomic E-state index is 13.9. The van der Waals surface area contributed by atoms with E-state index >= 15 is 0 Å². The zero-order chi connectivity index (χ0) is 41.8. The minimum Gasteiger partial charge on any atom is -0.508 e. The zero-order valence-corrected chi connectivity index (χ0v) is 32.4. The lowest BCUT2D eigenvalue weighted by Gasteiger charge is -2.26. The van der Waals surface area contributed by atoms with Crippen molar-refractivity contribution in [3.8, 4) is 57.1 Å². The van der Waals surface area contributed by atoms with Crippen molar-refractivity contribution >= 4 is 29.2 Å². The fourth-order valence-corrected chi connectivity index (χ4v) is 8.16. The van der Waals surface area contributed by atoms with Gasteiger partial charge in [0.15, 0.2) is 40.2 Å². The number of phenols is 8. The normalized spacial score (nSPS) is 14.7. The Morgan fingerprint density at radius 2 is 1.43 bits per heavy atom. The smallest absolute Gasteiger partial charge is 0.345 e. The van der Waals surface area contributed by atoms with Crippen molar-refractivity contribution in [2.75, 3.05) is 13.1 Å². The second-order valence-corrected chi connectivity index (χ2v) is 14.8. The van der Waals surface area contributed by atoms with Crippen LogP contribution in [0.15, 0.2) is 48.5 Å². The minimum atomic E-state index is -1.81. The molecule has 2 aliphatic carbocycles. The number of ether oxygens (including phenoxy) is 1. The van der Waals surface area contributed by atoms with Crippen LogP contribution in [0.3, 0.4) is 0 Å². The number of carboxylic acids is 1. The number of esters is 1. The Morgan fingerprint density at radius 3 is 2.12 bits per heavy atom. The molecule has 0 unspecified atom stereocenters. The largest absolute Gasteiger partial charge is 0.508 e. The van der Waals surface area contributed by atoms with E-state index in [4.69, 9.17) is 4.74 Å². The van der Waals surface area contributed by atoms with E-state index in [-0.39, 0.29) is 41.5 Å². The summed E-state index contributed by atoms with van der Waals surface area (Å²) in [7, 11) is 0. The van der Waals surface area contributed by atoms with Crippen LogP contribution in [0.2, 0.25) is 0 Å². The summed E-state index contributed by atoms with van der Waals surface area (Å²) in [5, 5.41) is 98.7. The number of allylic oxidation sites excluding steroid dienone is 2. The summed E-state index contributed by atoms with van der Waals surface area (Å²) in [5.41, 5.74) is 5.80. The lowest BCUT2D eigenvalue weighted by atomic mass is 9.80. The molecule has 0 aliphatic heterocycles. The fraction of sp³-hybridized carbons (Fsp3) is 0.333. The van der Waals surface area contributed by atoms with Crippen molar-refractivity contribution < 1.29 is 60.3 Å². The fourth-order valence-electron chi connectivity index (χ4n) is 8.16. The molecule has 13 heteroatoms. The number of hydrogen-bond donors (Lipinski definition) is 10. The van der Waals surface area contributed by atoms with E-state index in [0.29, 0.717) is 84.0 Å². The molecule has 10 N–H and O–H groups in total. The summed E-state index contributed by atoms with van der Waals surface area (Å²) < 4.78 is 5.64. The zero-order valence-electron chi connectivity index (χ0n) is 32.4. The second kappa shape index (κ2) is 17.4. The first-order chi connectivity index (χ1) is 27.7. The van der Waals surface area contributed by atoms with Crippen LogP contribution < -0.4 is 5.32 Å². The standard InChI is InChI=1S/C45H49NO12/c1-3-5-6-9-23(19-39(52)58-44(45(56)57)33(22-46-4-2)25-17-35(48)43(55)36(49)18-25)30-20-37(50)41(53)28-15-14-24(16-32(28)30)31-21-38(51)42(54)29-12-7-10-26-27(40(29)31)11-8-13-34(26)47/h8,11,13,16-21,33,44,46-51,53-55H,3-7,9-10,12,14-15,22H2,1-2H3,(H,56,57)/b23-19+/t33-,44-/m1/s1. The van der Waals surface area contributed by atoms with Crippen LogP contribution in [0.1, 0.15) is 97.2 Å². The van der Waals surface area contributed by atoms with E-state index in [2.05, 4.69) is 5.32 Å². The number of aliphatic carboxylic acids is 1. The predicted octanol–water partition coefficient (Wildman–Crippen LogP) is 7.33. The Balaban J connectivity index is 1.47. The number of benzene rings is 4. The highest BCUT2D eigenvalue weighted by atomic mass is 16.6. The van der Waals surface area contributed by atoms with Gasteiger partial charge in [-0.05, 0) is 126 Å².